The van der Waals surface area contributed by atoms with Crippen molar-refractivity contribution in [1.82, 2.24) is 14.8 Å². The number of halogens is 1. The predicted molar refractivity (Wildman–Crippen MR) is 147 cm³/mol. The molecule has 0 bridgehead atoms. The molecule has 0 unspecified atom stereocenters. The van der Waals surface area contributed by atoms with E-state index in [-0.39, 0.29) is 16.9 Å². The minimum Gasteiger partial charge on any atom is -0.455 e. The number of aliphatic imine (C=N–C) groups is 1. The van der Waals surface area contributed by atoms with E-state index in [1.807, 2.05) is 58.0 Å². The first-order chi connectivity index (χ1) is 18.2. The number of nitrogens with one attached hydrogen (secondary N) is 3. The SMILES string of the molecule is Cc1ccc(-n2nc(C(C)(C)C)cc2NC(=O)Nc2ccc(Oc3ccnc4c3N=CCN4)cc2F)cc1. The van der Waals surface area contributed by atoms with Crippen LogP contribution in [-0.2, 0) is 5.41 Å². The molecule has 4 aromatic rings. The Labute approximate surface area is 219 Å². The van der Waals surface area contributed by atoms with Gasteiger partial charge in [-0.2, -0.15) is 5.10 Å². The number of ether oxygens (including phenoxy) is 1. The molecule has 1 aliphatic heterocycles. The molecule has 0 saturated heterocycles. The van der Waals surface area contributed by atoms with Crippen molar-refractivity contribution in [1.29, 1.82) is 0 Å². The number of pyridine rings is 1. The molecule has 10 heteroatoms. The number of nitrogens with zero attached hydrogens (tertiary/aromatic N) is 4. The normalized spacial score (nSPS) is 12.4. The Hall–Kier alpha value is -4.73. The zero-order chi connectivity index (χ0) is 26.9. The molecule has 0 aliphatic carbocycles. The third-order valence-electron chi connectivity index (χ3n) is 5.88. The second-order valence-electron chi connectivity index (χ2n) is 9.93. The Kier molecular flexibility index (Phi) is 6.54. The quantitative estimate of drug-likeness (QED) is 0.280. The first-order valence-electron chi connectivity index (χ1n) is 12.2. The molecule has 0 fully saturated rings. The van der Waals surface area contributed by atoms with Crippen LogP contribution in [0.15, 0.2) is 65.8 Å². The van der Waals surface area contributed by atoms with Crippen molar-refractivity contribution >= 4 is 35.3 Å². The number of carbonyl (C=O) groups is 1. The van der Waals surface area contributed by atoms with E-state index in [4.69, 9.17) is 9.84 Å². The highest BCUT2D eigenvalue weighted by Crippen LogP contribution is 2.38. The zero-order valence-corrected chi connectivity index (χ0v) is 21.5. The van der Waals surface area contributed by atoms with Crippen LogP contribution in [0, 0.1) is 12.7 Å². The predicted octanol–water partition coefficient (Wildman–Crippen LogP) is 6.58. The number of rotatable bonds is 5. The molecule has 3 heterocycles. The van der Waals surface area contributed by atoms with Crippen molar-refractivity contribution in [3.63, 3.8) is 0 Å². The summed E-state index contributed by atoms with van der Waals surface area (Å²) in [5, 5.41) is 13.2. The van der Waals surface area contributed by atoms with Gasteiger partial charge in [-0.15, -0.1) is 0 Å². The summed E-state index contributed by atoms with van der Waals surface area (Å²) in [6.45, 7) is 8.71. The van der Waals surface area contributed by atoms with Gasteiger partial charge in [0.1, 0.15) is 23.1 Å². The molecular formula is C28H28FN7O2. The van der Waals surface area contributed by atoms with Crippen molar-refractivity contribution in [2.45, 2.75) is 33.1 Å². The summed E-state index contributed by atoms with van der Waals surface area (Å²) in [7, 11) is 0. The average molecular weight is 514 g/mol. The van der Waals surface area contributed by atoms with E-state index in [1.54, 1.807) is 29.2 Å². The largest absolute Gasteiger partial charge is 0.455 e. The van der Waals surface area contributed by atoms with Crippen molar-refractivity contribution in [3.8, 4) is 17.2 Å². The number of carbonyl (C=O) groups excluding carboxylic acids is 1. The molecule has 0 atom stereocenters. The van der Waals surface area contributed by atoms with Crippen molar-refractivity contribution < 1.29 is 13.9 Å². The Morgan fingerprint density at radius 2 is 1.87 bits per heavy atom. The van der Waals surface area contributed by atoms with Gasteiger partial charge < -0.3 is 15.4 Å². The molecule has 38 heavy (non-hydrogen) atoms. The second-order valence-corrected chi connectivity index (χ2v) is 9.93. The number of amides is 2. The topological polar surface area (TPSA) is 105 Å². The first kappa shape index (κ1) is 24.9. The second kappa shape index (κ2) is 9.97. The minimum atomic E-state index is -0.648. The van der Waals surface area contributed by atoms with Gasteiger partial charge in [0.25, 0.3) is 0 Å². The van der Waals surface area contributed by atoms with Crippen LogP contribution in [0.5, 0.6) is 11.5 Å². The van der Waals surface area contributed by atoms with Gasteiger partial charge in [0.05, 0.1) is 23.6 Å². The van der Waals surface area contributed by atoms with Gasteiger partial charge in [-0.25, -0.2) is 18.9 Å². The zero-order valence-electron chi connectivity index (χ0n) is 21.5. The van der Waals surface area contributed by atoms with Gasteiger partial charge in [0.2, 0.25) is 0 Å². The van der Waals surface area contributed by atoms with E-state index >= 15 is 0 Å². The van der Waals surface area contributed by atoms with Crippen molar-refractivity contribution in [2.24, 2.45) is 4.99 Å². The van der Waals surface area contributed by atoms with Gasteiger partial charge in [0.15, 0.2) is 11.6 Å². The van der Waals surface area contributed by atoms with Gasteiger partial charge in [-0.05, 0) is 31.2 Å². The number of hydrogen-bond acceptors (Lipinski definition) is 6. The van der Waals surface area contributed by atoms with Crippen molar-refractivity contribution in [2.75, 3.05) is 22.5 Å². The Morgan fingerprint density at radius 3 is 2.61 bits per heavy atom. The summed E-state index contributed by atoms with van der Waals surface area (Å²) in [5.41, 5.74) is 3.02. The number of urea groups is 1. The highest BCUT2D eigenvalue weighted by atomic mass is 19.1. The average Bonchev–Trinajstić information content (AvgIpc) is 3.31. The summed E-state index contributed by atoms with van der Waals surface area (Å²) >= 11 is 0. The smallest absolute Gasteiger partial charge is 0.324 e. The highest BCUT2D eigenvalue weighted by Gasteiger charge is 2.22. The van der Waals surface area contributed by atoms with E-state index < -0.39 is 11.8 Å². The molecule has 9 nitrogen and oxygen atoms in total. The highest BCUT2D eigenvalue weighted by molar-refractivity contribution is 5.99. The molecule has 1 aliphatic rings. The van der Waals surface area contributed by atoms with Crippen LogP contribution in [0.3, 0.4) is 0 Å². The maximum Gasteiger partial charge on any atom is 0.324 e. The van der Waals surface area contributed by atoms with Gasteiger partial charge in [-0.1, -0.05) is 38.5 Å². The number of aromatic nitrogens is 3. The van der Waals surface area contributed by atoms with Crippen LogP contribution in [0.2, 0.25) is 0 Å². The molecule has 0 radical (unpaired) electrons. The molecular weight excluding hydrogens is 485 g/mol. The Balaban J connectivity index is 1.33. The standard InChI is InChI=1S/C28H28FN7O2/c1-17-5-7-18(8-6-17)36-24(16-23(35-36)28(2,3)4)34-27(37)33-21-10-9-19(15-20(21)29)38-22-11-12-31-26-25(22)30-13-14-32-26/h5-13,15-16H,14H2,1-4H3,(H,31,32)(H2,33,34,37). The minimum absolute atomic E-state index is 0.00346. The maximum atomic E-state index is 14.9. The van der Waals surface area contributed by atoms with E-state index in [1.165, 1.54) is 12.1 Å². The summed E-state index contributed by atoms with van der Waals surface area (Å²) < 4.78 is 22.5. The number of anilines is 3. The first-order valence-corrected chi connectivity index (χ1v) is 12.2. The number of hydrogen-bond donors (Lipinski definition) is 3. The van der Waals surface area contributed by atoms with Gasteiger partial charge >= 0.3 is 6.03 Å². The lowest BCUT2D eigenvalue weighted by atomic mass is 9.92. The summed E-state index contributed by atoms with van der Waals surface area (Å²) in [6.07, 6.45) is 3.29. The van der Waals surface area contributed by atoms with Crippen LogP contribution in [0.4, 0.5) is 32.2 Å². The van der Waals surface area contributed by atoms with Crippen LogP contribution >= 0.6 is 0 Å². The molecule has 5 rings (SSSR count). The fourth-order valence-electron chi connectivity index (χ4n) is 3.83. The third-order valence-corrected chi connectivity index (χ3v) is 5.88. The van der Waals surface area contributed by atoms with Crippen LogP contribution in [0.25, 0.3) is 5.69 Å². The van der Waals surface area contributed by atoms with E-state index in [0.717, 1.165) is 16.9 Å². The van der Waals surface area contributed by atoms with E-state index in [0.29, 0.717) is 29.6 Å². The third kappa shape index (κ3) is 5.34. The lowest BCUT2D eigenvalue weighted by Crippen LogP contribution is -2.22. The van der Waals surface area contributed by atoms with E-state index in [9.17, 15) is 9.18 Å². The maximum absolute atomic E-state index is 14.9. The Morgan fingerprint density at radius 1 is 1.08 bits per heavy atom. The van der Waals surface area contributed by atoms with Crippen LogP contribution in [-0.4, -0.2) is 33.6 Å². The summed E-state index contributed by atoms with van der Waals surface area (Å²) in [4.78, 5) is 21.4. The molecule has 194 valence electrons. The number of benzene rings is 2. The number of aryl methyl sites for hydroxylation is 1. The fourth-order valence-corrected chi connectivity index (χ4v) is 3.83. The number of fused-ring (bicyclic) bond motifs is 1. The molecule has 0 spiro atoms. The van der Waals surface area contributed by atoms with Gasteiger partial charge in [0, 0.05) is 36.0 Å². The molecule has 2 aromatic heterocycles. The lowest BCUT2D eigenvalue weighted by Gasteiger charge is -2.15. The Bertz CT molecular complexity index is 1520. The summed E-state index contributed by atoms with van der Waals surface area (Å²) in [5.74, 6) is 1.11. The molecule has 0 saturated carbocycles. The summed E-state index contributed by atoms with van der Waals surface area (Å²) in [6, 6.07) is 14.9. The van der Waals surface area contributed by atoms with Crippen LogP contribution in [0.1, 0.15) is 32.0 Å². The van der Waals surface area contributed by atoms with Crippen molar-refractivity contribution in [3.05, 3.63) is 77.9 Å². The molecule has 2 amide bonds. The molecule has 2 aromatic carbocycles. The molecule has 3 N–H and O–H groups in total. The lowest BCUT2D eigenvalue weighted by molar-refractivity contribution is 0.262. The fraction of sp³-hybridized carbons (Fsp3) is 0.214. The monoisotopic (exact) mass is 513 g/mol. The van der Waals surface area contributed by atoms with E-state index in [2.05, 4.69) is 25.9 Å². The van der Waals surface area contributed by atoms with Crippen LogP contribution < -0.4 is 20.7 Å². The van der Waals surface area contributed by atoms with Gasteiger partial charge in [-0.3, -0.25) is 10.3 Å².